The standard InChI is InChI=1S/C21H23N3O3/c1-4-16-10-12-18(13-11-16)27-14-19(25)22-20-15(2)23(3)24(21(20)26)17-8-6-5-7-9-17/h5-13H,4,14H2,1-3H3,(H,22,25). The number of aromatic nitrogens is 2. The molecule has 0 atom stereocenters. The minimum atomic E-state index is -0.374. The molecule has 0 saturated heterocycles. The Kier molecular flexibility index (Phi) is 5.45. The molecule has 0 saturated carbocycles. The number of carbonyl (C=O) groups is 1. The summed E-state index contributed by atoms with van der Waals surface area (Å²) in [6.45, 7) is 3.71. The van der Waals surface area contributed by atoms with Crippen molar-refractivity contribution in [1.29, 1.82) is 0 Å². The van der Waals surface area contributed by atoms with Crippen molar-refractivity contribution < 1.29 is 9.53 Å². The van der Waals surface area contributed by atoms with Gasteiger partial charge in [-0.3, -0.25) is 14.3 Å². The van der Waals surface area contributed by atoms with E-state index in [9.17, 15) is 9.59 Å². The maximum atomic E-state index is 12.8. The van der Waals surface area contributed by atoms with Crippen molar-refractivity contribution in [3.05, 3.63) is 76.2 Å². The molecule has 3 aromatic rings. The average molecular weight is 365 g/mol. The summed E-state index contributed by atoms with van der Waals surface area (Å²) in [5.74, 6) is 0.245. The number of carbonyl (C=O) groups excluding carboxylic acids is 1. The topological polar surface area (TPSA) is 65.3 Å². The molecule has 2 aromatic carbocycles. The molecule has 6 nitrogen and oxygen atoms in total. The zero-order chi connectivity index (χ0) is 19.4. The molecule has 0 aliphatic heterocycles. The van der Waals surface area contributed by atoms with Crippen molar-refractivity contribution in [1.82, 2.24) is 9.36 Å². The van der Waals surface area contributed by atoms with Crippen molar-refractivity contribution in [2.24, 2.45) is 7.05 Å². The molecule has 1 aromatic heterocycles. The van der Waals surface area contributed by atoms with E-state index in [1.165, 1.54) is 10.2 Å². The molecule has 140 valence electrons. The largest absolute Gasteiger partial charge is 0.484 e. The van der Waals surface area contributed by atoms with Gasteiger partial charge in [-0.15, -0.1) is 0 Å². The van der Waals surface area contributed by atoms with Crippen molar-refractivity contribution in [3.8, 4) is 11.4 Å². The van der Waals surface area contributed by atoms with Gasteiger partial charge in [-0.2, -0.15) is 0 Å². The van der Waals surface area contributed by atoms with Crippen LogP contribution in [0.1, 0.15) is 18.2 Å². The third kappa shape index (κ3) is 3.95. The van der Waals surface area contributed by atoms with E-state index < -0.39 is 0 Å². The molecule has 0 radical (unpaired) electrons. The quantitative estimate of drug-likeness (QED) is 0.730. The lowest BCUT2D eigenvalue weighted by Gasteiger charge is -2.07. The second-order valence-corrected chi connectivity index (χ2v) is 6.27. The van der Waals surface area contributed by atoms with Crippen LogP contribution in [-0.4, -0.2) is 21.9 Å². The van der Waals surface area contributed by atoms with Crippen LogP contribution in [0.2, 0.25) is 0 Å². The lowest BCUT2D eigenvalue weighted by molar-refractivity contribution is -0.118. The van der Waals surface area contributed by atoms with Gasteiger partial charge >= 0.3 is 0 Å². The van der Waals surface area contributed by atoms with Crippen LogP contribution >= 0.6 is 0 Å². The summed E-state index contributed by atoms with van der Waals surface area (Å²) in [5, 5.41) is 2.68. The molecule has 6 heteroatoms. The zero-order valence-corrected chi connectivity index (χ0v) is 15.7. The van der Waals surface area contributed by atoms with Gasteiger partial charge in [-0.1, -0.05) is 37.3 Å². The number of nitrogens with one attached hydrogen (secondary N) is 1. The smallest absolute Gasteiger partial charge is 0.295 e. The maximum Gasteiger partial charge on any atom is 0.295 e. The predicted octanol–water partition coefficient (Wildman–Crippen LogP) is 3.06. The summed E-state index contributed by atoms with van der Waals surface area (Å²) < 4.78 is 8.76. The lowest BCUT2D eigenvalue weighted by atomic mass is 10.2. The number of anilines is 1. The summed E-state index contributed by atoms with van der Waals surface area (Å²) in [5.41, 5.74) is 2.59. The van der Waals surface area contributed by atoms with E-state index >= 15 is 0 Å². The molecule has 0 unspecified atom stereocenters. The zero-order valence-electron chi connectivity index (χ0n) is 15.7. The van der Waals surface area contributed by atoms with Gasteiger partial charge < -0.3 is 10.1 Å². The number of aryl methyl sites for hydroxylation is 1. The van der Waals surface area contributed by atoms with Gasteiger partial charge in [0.05, 0.1) is 11.4 Å². The Bertz CT molecular complexity index is 986. The van der Waals surface area contributed by atoms with Crippen LogP contribution in [0.5, 0.6) is 5.75 Å². The Labute approximate surface area is 158 Å². The monoisotopic (exact) mass is 365 g/mol. The fourth-order valence-electron chi connectivity index (χ4n) is 2.86. The van der Waals surface area contributed by atoms with Crippen molar-refractivity contribution in [3.63, 3.8) is 0 Å². The summed E-state index contributed by atoms with van der Waals surface area (Å²) >= 11 is 0. The fraction of sp³-hybridized carbons (Fsp3) is 0.238. The number of amides is 1. The van der Waals surface area contributed by atoms with Crippen LogP contribution in [0.25, 0.3) is 5.69 Å². The van der Waals surface area contributed by atoms with E-state index in [2.05, 4.69) is 12.2 Å². The number of benzene rings is 2. The Hall–Kier alpha value is -3.28. The van der Waals surface area contributed by atoms with E-state index in [-0.39, 0.29) is 23.8 Å². The highest BCUT2D eigenvalue weighted by Gasteiger charge is 2.18. The summed E-state index contributed by atoms with van der Waals surface area (Å²) in [7, 11) is 1.78. The molecule has 0 spiro atoms. The summed E-state index contributed by atoms with van der Waals surface area (Å²) in [6.07, 6.45) is 0.946. The number of ether oxygens (including phenoxy) is 1. The van der Waals surface area contributed by atoms with Crippen LogP contribution in [0.4, 0.5) is 5.69 Å². The molecular formula is C21H23N3O3. The number of nitrogens with zero attached hydrogens (tertiary/aromatic N) is 2. The summed E-state index contributed by atoms with van der Waals surface area (Å²) in [4.78, 5) is 25.1. The van der Waals surface area contributed by atoms with Crippen molar-refractivity contribution in [2.45, 2.75) is 20.3 Å². The van der Waals surface area contributed by atoms with E-state index in [0.29, 0.717) is 11.4 Å². The SMILES string of the molecule is CCc1ccc(OCC(=O)Nc2c(C)n(C)n(-c3ccccc3)c2=O)cc1. The fourth-order valence-corrected chi connectivity index (χ4v) is 2.86. The van der Waals surface area contributed by atoms with Gasteiger partial charge in [-0.05, 0) is 43.2 Å². The van der Waals surface area contributed by atoms with Gasteiger partial charge in [0, 0.05) is 7.05 Å². The molecule has 0 aliphatic rings. The van der Waals surface area contributed by atoms with Gasteiger partial charge in [0.25, 0.3) is 11.5 Å². The third-order valence-corrected chi connectivity index (χ3v) is 4.52. The molecule has 0 aliphatic carbocycles. The normalized spacial score (nSPS) is 10.6. The minimum absolute atomic E-state index is 0.162. The Balaban J connectivity index is 1.73. The Morgan fingerprint density at radius 3 is 2.37 bits per heavy atom. The van der Waals surface area contributed by atoms with Crippen LogP contribution in [0.15, 0.2) is 59.4 Å². The first-order valence-corrected chi connectivity index (χ1v) is 8.87. The second-order valence-electron chi connectivity index (χ2n) is 6.27. The van der Waals surface area contributed by atoms with Gasteiger partial charge in [0.2, 0.25) is 0 Å². The predicted molar refractivity (Wildman–Crippen MR) is 106 cm³/mol. The molecule has 1 N–H and O–H groups in total. The molecule has 27 heavy (non-hydrogen) atoms. The number of hydrogen-bond acceptors (Lipinski definition) is 3. The van der Waals surface area contributed by atoms with E-state index in [4.69, 9.17) is 4.74 Å². The number of hydrogen-bond donors (Lipinski definition) is 1. The van der Waals surface area contributed by atoms with Crippen molar-refractivity contribution in [2.75, 3.05) is 11.9 Å². The molecule has 1 heterocycles. The minimum Gasteiger partial charge on any atom is -0.484 e. The Morgan fingerprint density at radius 2 is 1.74 bits per heavy atom. The molecule has 3 rings (SSSR count). The second kappa shape index (κ2) is 7.95. The van der Waals surface area contributed by atoms with Gasteiger partial charge in [0.15, 0.2) is 6.61 Å². The summed E-state index contributed by atoms with van der Waals surface area (Å²) in [6, 6.07) is 16.9. The van der Waals surface area contributed by atoms with Crippen LogP contribution < -0.4 is 15.6 Å². The molecule has 0 fully saturated rings. The highest BCUT2D eigenvalue weighted by molar-refractivity contribution is 5.92. The van der Waals surface area contributed by atoms with Gasteiger partial charge in [-0.25, -0.2) is 4.68 Å². The highest BCUT2D eigenvalue weighted by Crippen LogP contribution is 2.15. The average Bonchev–Trinajstić information content (AvgIpc) is 2.90. The lowest BCUT2D eigenvalue weighted by Crippen LogP contribution is -2.25. The van der Waals surface area contributed by atoms with Crippen molar-refractivity contribution >= 4 is 11.6 Å². The Morgan fingerprint density at radius 1 is 1.07 bits per heavy atom. The number of rotatable bonds is 6. The van der Waals surface area contributed by atoms with E-state index in [0.717, 1.165) is 12.1 Å². The van der Waals surface area contributed by atoms with Gasteiger partial charge in [0.1, 0.15) is 11.4 Å². The van der Waals surface area contributed by atoms with E-state index in [1.807, 2.05) is 54.6 Å². The first-order valence-electron chi connectivity index (χ1n) is 8.87. The highest BCUT2D eigenvalue weighted by atomic mass is 16.5. The molecule has 1 amide bonds. The van der Waals surface area contributed by atoms with Crippen LogP contribution in [0.3, 0.4) is 0 Å². The van der Waals surface area contributed by atoms with Crippen LogP contribution in [0, 0.1) is 6.92 Å². The van der Waals surface area contributed by atoms with E-state index in [1.54, 1.807) is 18.7 Å². The molecular weight excluding hydrogens is 342 g/mol. The third-order valence-electron chi connectivity index (χ3n) is 4.52. The number of para-hydroxylation sites is 1. The molecule has 0 bridgehead atoms. The maximum absolute atomic E-state index is 12.8. The first kappa shape index (κ1) is 18.5. The first-order chi connectivity index (χ1) is 13.0. The van der Waals surface area contributed by atoms with Crippen LogP contribution in [-0.2, 0) is 18.3 Å².